The Kier molecular flexibility index (Phi) is 6.47. The average Bonchev–Trinajstić information content (AvgIpc) is 2.79. The molecule has 3 aromatic rings. The van der Waals surface area contributed by atoms with Gasteiger partial charge in [0.1, 0.15) is 5.84 Å². The standard InChI is InChI=1S/C31H38N2/c1-7-19-31(6)30(5,21-22(2)3)27-20-25(24-14-9-8-10-15-24)17-18-26(27)29(33-31)32-28-16-12-11-13-23(28)4/h8-18,20,22H,7,19,21H2,1-6H3,(H,32,33). The Labute approximate surface area is 200 Å². The molecule has 0 amide bonds. The van der Waals surface area contributed by atoms with Crippen LogP contribution in [0.4, 0.5) is 5.69 Å². The van der Waals surface area contributed by atoms with Gasteiger partial charge >= 0.3 is 0 Å². The van der Waals surface area contributed by atoms with Crippen LogP contribution in [-0.2, 0) is 5.41 Å². The Bertz CT molecular complexity index is 1140. The van der Waals surface area contributed by atoms with E-state index in [1.807, 2.05) is 0 Å². The summed E-state index contributed by atoms with van der Waals surface area (Å²) in [6.07, 6.45) is 3.28. The van der Waals surface area contributed by atoms with Crippen LogP contribution >= 0.6 is 0 Å². The van der Waals surface area contributed by atoms with E-state index in [1.165, 1.54) is 27.8 Å². The van der Waals surface area contributed by atoms with E-state index in [0.717, 1.165) is 30.8 Å². The molecule has 3 aromatic carbocycles. The zero-order valence-electron chi connectivity index (χ0n) is 21.1. The third-order valence-electron chi connectivity index (χ3n) is 7.47. The SMILES string of the molecule is CCCC1(C)N=C(Nc2ccccc2C)c2ccc(-c3ccccc3)cc2C1(C)CC(C)C. The zero-order chi connectivity index (χ0) is 23.6. The molecule has 1 N–H and O–H groups in total. The minimum Gasteiger partial charge on any atom is -0.340 e. The molecule has 172 valence electrons. The van der Waals surface area contributed by atoms with Crippen LogP contribution < -0.4 is 5.32 Å². The molecule has 1 aliphatic rings. The molecule has 2 atom stereocenters. The van der Waals surface area contributed by atoms with E-state index in [4.69, 9.17) is 4.99 Å². The summed E-state index contributed by atoms with van der Waals surface area (Å²) >= 11 is 0. The highest BCUT2D eigenvalue weighted by Crippen LogP contribution is 2.50. The Hall–Kier alpha value is -2.87. The molecule has 0 fully saturated rings. The highest BCUT2D eigenvalue weighted by Gasteiger charge is 2.49. The number of aryl methyl sites for hydroxylation is 1. The molecule has 1 heterocycles. The lowest BCUT2D eigenvalue weighted by atomic mass is 9.59. The molecule has 2 unspecified atom stereocenters. The van der Waals surface area contributed by atoms with E-state index in [2.05, 4.69) is 120 Å². The number of hydrogen-bond donors (Lipinski definition) is 1. The van der Waals surface area contributed by atoms with Gasteiger partial charge in [-0.25, -0.2) is 0 Å². The number of benzene rings is 3. The predicted octanol–water partition coefficient (Wildman–Crippen LogP) is 8.40. The first-order chi connectivity index (χ1) is 15.8. The zero-order valence-corrected chi connectivity index (χ0v) is 21.1. The van der Waals surface area contributed by atoms with E-state index < -0.39 is 0 Å². The van der Waals surface area contributed by atoms with Gasteiger partial charge in [0, 0.05) is 16.7 Å². The first-order valence-corrected chi connectivity index (χ1v) is 12.4. The fourth-order valence-electron chi connectivity index (χ4n) is 5.64. The summed E-state index contributed by atoms with van der Waals surface area (Å²) in [5.41, 5.74) is 7.32. The average molecular weight is 439 g/mol. The maximum absolute atomic E-state index is 5.50. The molecule has 2 nitrogen and oxygen atoms in total. The molecule has 2 heteroatoms. The van der Waals surface area contributed by atoms with Crippen LogP contribution in [0, 0.1) is 12.8 Å². The molecule has 0 radical (unpaired) electrons. The summed E-state index contributed by atoms with van der Waals surface area (Å²) in [6.45, 7) is 13.9. The van der Waals surface area contributed by atoms with Crippen molar-refractivity contribution in [2.24, 2.45) is 10.9 Å². The fraction of sp³-hybridized carbons (Fsp3) is 0.387. The minimum absolute atomic E-state index is 0.0474. The molecule has 1 aliphatic heterocycles. The van der Waals surface area contributed by atoms with E-state index in [-0.39, 0.29) is 11.0 Å². The van der Waals surface area contributed by atoms with Crippen molar-refractivity contribution in [1.82, 2.24) is 0 Å². The van der Waals surface area contributed by atoms with Gasteiger partial charge in [-0.15, -0.1) is 0 Å². The first-order valence-electron chi connectivity index (χ1n) is 12.4. The normalized spacial score (nSPS) is 22.1. The molecule has 0 spiro atoms. The predicted molar refractivity (Wildman–Crippen MR) is 143 cm³/mol. The van der Waals surface area contributed by atoms with Gasteiger partial charge in [-0.3, -0.25) is 4.99 Å². The molecule has 0 bridgehead atoms. The van der Waals surface area contributed by atoms with Crippen molar-refractivity contribution in [3.63, 3.8) is 0 Å². The third-order valence-corrected chi connectivity index (χ3v) is 7.47. The second-order valence-electron chi connectivity index (χ2n) is 10.5. The Morgan fingerprint density at radius 1 is 0.879 bits per heavy atom. The van der Waals surface area contributed by atoms with Gasteiger partial charge in [0.25, 0.3) is 0 Å². The van der Waals surface area contributed by atoms with Crippen LogP contribution in [0.15, 0.2) is 77.8 Å². The van der Waals surface area contributed by atoms with Crippen LogP contribution in [-0.4, -0.2) is 11.4 Å². The summed E-state index contributed by atoms with van der Waals surface area (Å²) in [5.74, 6) is 1.58. The van der Waals surface area contributed by atoms with Gasteiger partial charge < -0.3 is 5.32 Å². The van der Waals surface area contributed by atoms with Crippen LogP contribution in [0.2, 0.25) is 0 Å². The van der Waals surface area contributed by atoms with Gasteiger partial charge in [-0.05, 0) is 67.0 Å². The smallest absolute Gasteiger partial charge is 0.133 e. The number of hydrogen-bond acceptors (Lipinski definition) is 2. The number of fused-ring (bicyclic) bond motifs is 1. The van der Waals surface area contributed by atoms with Gasteiger partial charge in [0.2, 0.25) is 0 Å². The van der Waals surface area contributed by atoms with Crippen LogP contribution in [0.25, 0.3) is 11.1 Å². The van der Waals surface area contributed by atoms with Gasteiger partial charge in [0.15, 0.2) is 0 Å². The molecule has 33 heavy (non-hydrogen) atoms. The lowest BCUT2D eigenvalue weighted by molar-refractivity contribution is 0.199. The number of amidine groups is 1. The second kappa shape index (κ2) is 9.17. The number of rotatable bonds is 6. The summed E-state index contributed by atoms with van der Waals surface area (Å²) in [5, 5.41) is 3.72. The maximum atomic E-state index is 5.50. The van der Waals surface area contributed by atoms with Gasteiger partial charge in [-0.2, -0.15) is 0 Å². The highest BCUT2D eigenvalue weighted by molar-refractivity contribution is 6.11. The van der Waals surface area contributed by atoms with Crippen molar-refractivity contribution >= 4 is 11.5 Å². The molecule has 0 saturated carbocycles. The van der Waals surface area contributed by atoms with E-state index in [1.54, 1.807) is 0 Å². The lowest BCUT2D eigenvalue weighted by Crippen LogP contribution is -2.51. The minimum atomic E-state index is -0.181. The van der Waals surface area contributed by atoms with Gasteiger partial charge in [-0.1, -0.05) is 94.8 Å². The summed E-state index contributed by atoms with van der Waals surface area (Å²) < 4.78 is 0. The Morgan fingerprint density at radius 3 is 2.24 bits per heavy atom. The molecular formula is C31H38N2. The highest BCUT2D eigenvalue weighted by atomic mass is 15.1. The number of nitrogens with one attached hydrogen (secondary N) is 1. The van der Waals surface area contributed by atoms with Crippen LogP contribution in [0.3, 0.4) is 0 Å². The maximum Gasteiger partial charge on any atom is 0.133 e. The number of nitrogens with zero attached hydrogens (tertiary/aromatic N) is 1. The monoisotopic (exact) mass is 438 g/mol. The molecule has 0 aliphatic carbocycles. The molecule has 4 rings (SSSR count). The van der Waals surface area contributed by atoms with Crippen molar-refractivity contribution < 1.29 is 0 Å². The molecule has 0 saturated heterocycles. The van der Waals surface area contributed by atoms with Crippen molar-refractivity contribution in [2.75, 3.05) is 5.32 Å². The topological polar surface area (TPSA) is 24.4 Å². The third kappa shape index (κ3) is 4.36. The van der Waals surface area contributed by atoms with Gasteiger partial charge in [0.05, 0.1) is 5.54 Å². The Balaban J connectivity index is 1.93. The Morgan fingerprint density at radius 2 is 1.58 bits per heavy atom. The molecule has 0 aromatic heterocycles. The summed E-state index contributed by atoms with van der Waals surface area (Å²) in [6, 6.07) is 26.2. The number of aliphatic imine (C=N–C) groups is 1. The fourth-order valence-corrected chi connectivity index (χ4v) is 5.64. The summed E-state index contributed by atoms with van der Waals surface area (Å²) in [7, 11) is 0. The quantitative estimate of drug-likeness (QED) is 0.410. The van der Waals surface area contributed by atoms with Crippen molar-refractivity contribution in [3.8, 4) is 11.1 Å². The lowest BCUT2D eigenvalue weighted by Gasteiger charge is -2.50. The largest absolute Gasteiger partial charge is 0.340 e. The van der Waals surface area contributed by atoms with E-state index in [9.17, 15) is 0 Å². The van der Waals surface area contributed by atoms with Crippen molar-refractivity contribution in [2.45, 2.75) is 71.8 Å². The first kappa shape index (κ1) is 23.3. The van der Waals surface area contributed by atoms with E-state index >= 15 is 0 Å². The second-order valence-corrected chi connectivity index (χ2v) is 10.5. The number of anilines is 1. The van der Waals surface area contributed by atoms with Crippen LogP contribution in [0.1, 0.15) is 70.6 Å². The van der Waals surface area contributed by atoms with Crippen LogP contribution in [0.5, 0.6) is 0 Å². The van der Waals surface area contributed by atoms with Crippen molar-refractivity contribution in [1.29, 1.82) is 0 Å². The number of para-hydroxylation sites is 1. The van der Waals surface area contributed by atoms with Crippen molar-refractivity contribution in [3.05, 3.63) is 89.5 Å². The summed E-state index contributed by atoms with van der Waals surface area (Å²) in [4.78, 5) is 5.50. The molecular weight excluding hydrogens is 400 g/mol. The van der Waals surface area contributed by atoms with E-state index in [0.29, 0.717) is 5.92 Å².